The van der Waals surface area contributed by atoms with Gasteiger partial charge in [-0.2, -0.15) is 0 Å². The van der Waals surface area contributed by atoms with E-state index >= 15 is 0 Å². The van der Waals surface area contributed by atoms with Gasteiger partial charge in [-0.3, -0.25) is 14.9 Å². The first-order chi connectivity index (χ1) is 16.9. The van der Waals surface area contributed by atoms with Crippen LogP contribution in [0.5, 0.6) is 17.2 Å². The maximum atomic E-state index is 11.8. The molecule has 2 heterocycles. The van der Waals surface area contributed by atoms with Crippen molar-refractivity contribution in [3.8, 4) is 17.2 Å². The number of benzene rings is 3. The molecule has 180 valence electrons. The van der Waals surface area contributed by atoms with Crippen LogP contribution in [0, 0.1) is 13.8 Å². The molecule has 3 aromatic rings. The first-order valence-corrected chi connectivity index (χ1v) is 12.4. The van der Waals surface area contributed by atoms with E-state index in [0.717, 1.165) is 57.1 Å². The number of nitrogens with one attached hydrogen (secondary N) is 2. The van der Waals surface area contributed by atoms with E-state index in [1.165, 1.54) is 0 Å². The Kier molecular flexibility index (Phi) is 6.30. The second kappa shape index (κ2) is 9.54. The average molecular weight is 490 g/mol. The zero-order valence-electron chi connectivity index (χ0n) is 19.8. The number of rotatable bonds is 7. The Morgan fingerprint density at radius 2 is 1.74 bits per heavy atom. The molecule has 2 aliphatic heterocycles. The standard InChI is InChI=1S/C27H27N3O4S/c1-16-4-5-17(2)23(12-16)34-20-10-11-21-22(14-20)30(3)25(28-21)15-33-19-8-6-18(7-9-19)13-24-26(31)29-27(32)35-24/h4-12,14,24-25,28H,13,15H2,1-3H3,(H,29,31,32). The van der Waals surface area contributed by atoms with Crippen LogP contribution in [0.2, 0.25) is 0 Å². The van der Waals surface area contributed by atoms with Crippen LogP contribution in [0.3, 0.4) is 0 Å². The number of carbonyl (C=O) groups is 2. The molecule has 0 aromatic heterocycles. The number of hydrogen-bond acceptors (Lipinski definition) is 7. The van der Waals surface area contributed by atoms with Gasteiger partial charge in [-0.1, -0.05) is 36.0 Å². The maximum absolute atomic E-state index is 11.8. The summed E-state index contributed by atoms with van der Waals surface area (Å²) in [5.41, 5.74) is 5.33. The lowest BCUT2D eigenvalue weighted by Gasteiger charge is -2.22. The number of nitrogens with zero attached hydrogens (tertiary/aromatic N) is 1. The molecule has 8 heteroatoms. The number of anilines is 2. The fraction of sp³-hybridized carbons (Fsp3) is 0.259. The zero-order chi connectivity index (χ0) is 24.5. The second-order valence-corrected chi connectivity index (χ2v) is 10.0. The molecule has 2 amide bonds. The van der Waals surface area contributed by atoms with Crippen LogP contribution in [-0.4, -0.2) is 36.2 Å². The van der Waals surface area contributed by atoms with Gasteiger partial charge in [0.25, 0.3) is 5.24 Å². The van der Waals surface area contributed by atoms with Crippen molar-refractivity contribution in [2.24, 2.45) is 0 Å². The highest BCUT2D eigenvalue weighted by Gasteiger charge is 2.31. The number of aryl methyl sites for hydroxylation is 2. The van der Waals surface area contributed by atoms with Gasteiger partial charge in [-0.15, -0.1) is 0 Å². The van der Waals surface area contributed by atoms with Crippen LogP contribution in [0.25, 0.3) is 0 Å². The predicted molar refractivity (Wildman–Crippen MR) is 139 cm³/mol. The van der Waals surface area contributed by atoms with Crippen molar-refractivity contribution in [3.63, 3.8) is 0 Å². The number of imide groups is 1. The van der Waals surface area contributed by atoms with Gasteiger partial charge in [0.05, 0.1) is 16.6 Å². The smallest absolute Gasteiger partial charge is 0.286 e. The highest BCUT2D eigenvalue weighted by atomic mass is 32.2. The largest absolute Gasteiger partial charge is 0.489 e. The number of ether oxygens (including phenoxy) is 2. The van der Waals surface area contributed by atoms with Gasteiger partial charge in [-0.05, 0) is 67.3 Å². The summed E-state index contributed by atoms with van der Waals surface area (Å²) in [7, 11) is 2.03. The highest BCUT2D eigenvalue weighted by molar-refractivity contribution is 8.15. The summed E-state index contributed by atoms with van der Waals surface area (Å²) in [6, 6.07) is 19.9. The molecule has 2 atom stereocenters. The third kappa shape index (κ3) is 5.07. The van der Waals surface area contributed by atoms with Crippen LogP contribution < -0.4 is 25.0 Å². The molecule has 35 heavy (non-hydrogen) atoms. The normalized spacial score (nSPS) is 18.8. The van der Waals surface area contributed by atoms with Crippen molar-refractivity contribution in [1.82, 2.24) is 5.32 Å². The first kappa shape index (κ1) is 23.1. The Morgan fingerprint density at radius 1 is 0.971 bits per heavy atom. The van der Waals surface area contributed by atoms with Crippen LogP contribution in [-0.2, 0) is 11.2 Å². The topological polar surface area (TPSA) is 79.9 Å². The molecule has 1 fully saturated rings. The molecule has 2 aliphatic rings. The highest BCUT2D eigenvalue weighted by Crippen LogP contribution is 2.38. The molecule has 2 unspecified atom stereocenters. The lowest BCUT2D eigenvalue weighted by molar-refractivity contribution is -0.118. The summed E-state index contributed by atoms with van der Waals surface area (Å²) in [6.07, 6.45) is 0.488. The van der Waals surface area contributed by atoms with Crippen molar-refractivity contribution < 1.29 is 19.1 Å². The van der Waals surface area contributed by atoms with Crippen molar-refractivity contribution in [3.05, 3.63) is 77.4 Å². The minimum atomic E-state index is -0.368. The molecule has 5 rings (SSSR count). The van der Waals surface area contributed by atoms with Crippen LogP contribution in [0.1, 0.15) is 16.7 Å². The molecule has 0 spiro atoms. The molecule has 0 bridgehead atoms. The van der Waals surface area contributed by atoms with Crippen LogP contribution in [0.15, 0.2) is 60.7 Å². The van der Waals surface area contributed by atoms with E-state index < -0.39 is 0 Å². The summed E-state index contributed by atoms with van der Waals surface area (Å²) in [5.74, 6) is 2.18. The predicted octanol–water partition coefficient (Wildman–Crippen LogP) is 5.26. The second-order valence-electron chi connectivity index (χ2n) is 8.86. The average Bonchev–Trinajstić information content (AvgIpc) is 3.33. The SMILES string of the molecule is Cc1ccc(C)c(Oc2ccc3c(c2)N(C)C(COc2ccc(CC4SC(=O)NC4=O)cc2)N3)c1. The number of fused-ring (bicyclic) bond motifs is 1. The third-order valence-electron chi connectivity index (χ3n) is 6.23. The number of thioether (sulfide) groups is 1. The van der Waals surface area contributed by atoms with Crippen molar-refractivity contribution in [1.29, 1.82) is 0 Å². The number of carbonyl (C=O) groups excluding carboxylic acids is 2. The quantitative estimate of drug-likeness (QED) is 0.469. The fourth-order valence-corrected chi connectivity index (χ4v) is 5.03. The van der Waals surface area contributed by atoms with Crippen molar-refractivity contribution in [2.75, 3.05) is 23.9 Å². The maximum Gasteiger partial charge on any atom is 0.286 e. The Hall–Kier alpha value is -3.65. The van der Waals surface area contributed by atoms with Crippen LogP contribution in [0.4, 0.5) is 16.2 Å². The van der Waals surface area contributed by atoms with E-state index in [-0.39, 0.29) is 22.6 Å². The summed E-state index contributed by atoms with van der Waals surface area (Å²) >= 11 is 1.04. The Morgan fingerprint density at radius 3 is 2.49 bits per heavy atom. The van der Waals surface area contributed by atoms with Gasteiger partial charge >= 0.3 is 0 Å². The molecule has 1 saturated heterocycles. The van der Waals surface area contributed by atoms with Gasteiger partial charge in [-0.25, -0.2) is 0 Å². The van der Waals surface area contributed by atoms with Gasteiger partial charge in [0.15, 0.2) is 0 Å². The third-order valence-corrected chi connectivity index (χ3v) is 7.21. The van der Waals surface area contributed by atoms with Gasteiger partial charge in [0.2, 0.25) is 5.91 Å². The molecule has 0 saturated carbocycles. The summed E-state index contributed by atoms with van der Waals surface area (Å²) in [5, 5.41) is 5.18. The van der Waals surface area contributed by atoms with Crippen molar-refractivity contribution in [2.45, 2.75) is 31.7 Å². The van der Waals surface area contributed by atoms with E-state index in [1.807, 2.05) is 62.5 Å². The summed E-state index contributed by atoms with van der Waals surface area (Å²) < 4.78 is 12.2. The zero-order valence-corrected chi connectivity index (χ0v) is 20.6. The molecule has 0 aliphatic carbocycles. The minimum absolute atomic E-state index is 0.0229. The van der Waals surface area contributed by atoms with Gasteiger partial charge < -0.3 is 19.7 Å². The van der Waals surface area contributed by atoms with E-state index in [1.54, 1.807) is 0 Å². The molecular formula is C27H27N3O4S. The lowest BCUT2D eigenvalue weighted by atomic mass is 10.1. The van der Waals surface area contributed by atoms with E-state index in [9.17, 15) is 9.59 Å². The monoisotopic (exact) mass is 489 g/mol. The van der Waals surface area contributed by atoms with E-state index in [4.69, 9.17) is 9.47 Å². The van der Waals surface area contributed by atoms with Gasteiger partial charge in [0, 0.05) is 13.1 Å². The molecule has 7 nitrogen and oxygen atoms in total. The van der Waals surface area contributed by atoms with Crippen LogP contribution >= 0.6 is 11.8 Å². The van der Waals surface area contributed by atoms with E-state index in [0.29, 0.717) is 13.0 Å². The Bertz CT molecular complexity index is 1280. The summed E-state index contributed by atoms with van der Waals surface area (Å²) in [6.45, 7) is 4.55. The Labute approximate surface area is 208 Å². The first-order valence-electron chi connectivity index (χ1n) is 11.5. The number of amides is 2. The number of hydrogen-bond donors (Lipinski definition) is 2. The Balaban J connectivity index is 1.18. The molecular weight excluding hydrogens is 462 g/mol. The number of likely N-dealkylation sites (N-methyl/N-ethyl adjacent to an activating group) is 1. The minimum Gasteiger partial charge on any atom is -0.489 e. The molecule has 3 aromatic carbocycles. The summed E-state index contributed by atoms with van der Waals surface area (Å²) in [4.78, 5) is 25.3. The lowest BCUT2D eigenvalue weighted by Crippen LogP contribution is -2.37. The fourth-order valence-electron chi connectivity index (χ4n) is 4.17. The molecule has 2 N–H and O–H groups in total. The van der Waals surface area contributed by atoms with Crippen molar-refractivity contribution >= 4 is 34.3 Å². The van der Waals surface area contributed by atoms with E-state index in [2.05, 4.69) is 34.6 Å². The van der Waals surface area contributed by atoms with Gasteiger partial charge in [0.1, 0.15) is 30.0 Å². The molecule has 0 radical (unpaired) electrons.